The van der Waals surface area contributed by atoms with Gasteiger partial charge >= 0.3 is 0 Å². The molecule has 0 fully saturated rings. The Morgan fingerprint density at radius 2 is 2.36 bits per heavy atom. The van der Waals surface area contributed by atoms with Gasteiger partial charge in [-0.05, 0) is 25.1 Å². The number of aliphatic hydroxyl groups is 1. The van der Waals surface area contributed by atoms with Crippen molar-refractivity contribution in [2.75, 3.05) is 11.9 Å². The summed E-state index contributed by atoms with van der Waals surface area (Å²) in [4.78, 5) is 0. The van der Waals surface area contributed by atoms with Gasteiger partial charge in [-0.3, -0.25) is 0 Å². The average molecular weight is 211 g/mol. The first-order chi connectivity index (χ1) is 6.63. The van der Waals surface area contributed by atoms with Crippen LogP contribution in [0, 0.1) is 11.3 Å². The molecule has 0 bridgehead atoms. The molecule has 1 aromatic carbocycles. The molecule has 0 aliphatic carbocycles. The molecular formula is C10H11ClN2O. The Labute approximate surface area is 87.9 Å². The summed E-state index contributed by atoms with van der Waals surface area (Å²) in [7, 11) is 0. The second kappa shape index (κ2) is 4.85. The molecule has 4 heteroatoms. The van der Waals surface area contributed by atoms with E-state index in [-0.39, 0.29) is 0 Å². The topological polar surface area (TPSA) is 56.0 Å². The smallest absolute Gasteiger partial charge is 0.0992 e. The van der Waals surface area contributed by atoms with Crippen LogP contribution in [0.2, 0.25) is 5.02 Å². The summed E-state index contributed by atoms with van der Waals surface area (Å²) in [6.45, 7) is 2.12. The number of nitrogens with zero attached hydrogens (tertiary/aromatic N) is 1. The van der Waals surface area contributed by atoms with Crippen molar-refractivity contribution in [1.29, 1.82) is 5.26 Å². The first-order valence-electron chi connectivity index (χ1n) is 4.25. The van der Waals surface area contributed by atoms with Gasteiger partial charge in [-0.1, -0.05) is 11.6 Å². The number of rotatable bonds is 3. The number of aliphatic hydroxyl groups excluding tert-OH is 1. The standard InChI is InChI=1S/C10H11ClN2O/c1-7(14)6-13-10-3-2-8(5-12)4-9(10)11/h2-4,7,13-14H,6H2,1H3. The van der Waals surface area contributed by atoms with Gasteiger partial charge in [0.15, 0.2) is 0 Å². The summed E-state index contributed by atoms with van der Waals surface area (Å²) < 4.78 is 0. The average Bonchev–Trinajstić information content (AvgIpc) is 2.15. The highest BCUT2D eigenvalue weighted by Crippen LogP contribution is 2.22. The van der Waals surface area contributed by atoms with Gasteiger partial charge in [0.2, 0.25) is 0 Å². The normalized spacial score (nSPS) is 11.9. The molecule has 0 heterocycles. The SMILES string of the molecule is CC(O)CNc1ccc(C#N)cc1Cl. The Balaban J connectivity index is 2.75. The molecule has 0 aromatic heterocycles. The van der Waals surface area contributed by atoms with Crippen molar-refractivity contribution in [2.45, 2.75) is 13.0 Å². The molecule has 0 spiro atoms. The van der Waals surface area contributed by atoms with Crippen LogP contribution in [0.25, 0.3) is 0 Å². The van der Waals surface area contributed by atoms with Crippen LogP contribution in [-0.4, -0.2) is 17.8 Å². The Bertz CT molecular complexity index is 358. The van der Waals surface area contributed by atoms with E-state index in [4.69, 9.17) is 22.0 Å². The molecule has 0 aliphatic heterocycles. The third-order valence-corrected chi connectivity index (χ3v) is 2.00. The summed E-state index contributed by atoms with van der Waals surface area (Å²) in [6.07, 6.45) is -0.429. The Morgan fingerprint density at radius 3 is 2.86 bits per heavy atom. The second-order valence-corrected chi connectivity index (χ2v) is 3.44. The second-order valence-electron chi connectivity index (χ2n) is 3.04. The lowest BCUT2D eigenvalue weighted by atomic mass is 10.2. The fourth-order valence-corrected chi connectivity index (χ4v) is 1.23. The van der Waals surface area contributed by atoms with E-state index in [1.165, 1.54) is 0 Å². The molecule has 74 valence electrons. The fourth-order valence-electron chi connectivity index (χ4n) is 0.986. The largest absolute Gasteiger partial charge is 0.392 e. The Hall–Kier alpha value is -1.24. The Kier molecular flexibility index (Phi) is 3.75. The zero-order valence-electron chi connectivity index (χ0n) is 7.79. The van der Waals surface area contributed by atoms with Gasteiger partial charge < -0.3 is 10.4 Å². The van der Waals surface area contributed by atoms with Crippen molar-refractivity contribution < 1.29 is 5.11 Å². The van der Waals surface area contributed by atoms with E-state index in [0.29, 0.717) is 17.1 Å². The Morgan fingerprint density at radius 1 is 1.64 bits per heavy atom. The van der Waals surface area contributed by atoms with Gasteiger partial charge in [0.1, 0.15) is 0 Å². The zero-order chi connectivity index (χ0) is 10.6. The maximum Gasteiger partial charge on any atom is 0.0992 e. The minimum atomic E-state index is -0.429. The molecule has 1 atom stereocenters. The highest BCUT2D eigenvalue weighted by molar-refractivity contribution is 6.33. The number of hydrogen-bond donors (Lipinski definition) is 2. The minimum absolute atomic E-state index is 0.429. The van der Waals surface area contributed by atoms with Crippen LogP contribution in [0.15, 0.2) is 18.2 Å². The van der Waals surface area contributed by atoms with Crippen molar-refractivity contribution >= 4 is 17.3 Å². The van der Waals surface area contributed by atoms with Crippen LogP contribution < -0.4 is 5.32 Å². The summed E-state index contributed by atoms with van der Waals surface area (Å²) in [5, 5.41) is 21.1. The van der Waals surface area contributed by atoms with Gasteiger partial charge in [0, 0.05) is 6.54 Å². The van der Waals surface area contributed by atoms with E-state index in [1.54, 1.807) is 25.1 Å². The number of anilines is 1. The molecule has 14 heavy (non-hydrogen) atoms. The van der Waals surface area contributed by atoms with Gasteiger partial charge in [-0.2, -0.15) is 5.26 Å². The predicted molar refractivity (Wildman–Crippen MR) is 56.3 cm³/mol. The minimum Gasteiger partial charge on any atom is -0.392 e. The van der Waals surface area contributed by atoms with Gasteiger partial charge in [0.05, 0.1) is 28.4 Å². The predicted octanol–water partition coefficient (Wildman–Crippen LogP) is 2.00. The van der Waals surface area contributed by atoms with E-state index in [2.05, 4.69) is 5.32 Å². The van der Waals surface area contributed by atoms with Crippen molar-refractivity contribution in [1.82, 2.24) is 0 Å². The number of nitriles is 1. The molecule has 2 N–H and O–H groups in total. The van der Waals surface area contributed by atoms with Crippen LogP contribution in [0.3, 0.4) is 0 Å². The molecule has 3 nitrogen and oxygen atoms in total. The molecule has 0 aliphatic rings. The lowest BCUT2D eigenvalue weighted by Crippen LogP contribution is -2.15. The highest BCUT2D eigenvalue weighted by atomic mass is 35.5. The molecule has 0 saturated heterocycles. The molecule has 0 saturated carbocycles. The van der Waals surface area contributed by atoms with E-state index >= 15 is 0 Å². The summed E-state index contributed by atoms with van der Waals surface area (Å²) in [5.74, 6) is 0. The van der Waals surface area contributed by atoms with Crippen molar-refractivity contribution in [3.8, 4) is 6.07 Å². The van der Waals surface area contributed by atoms with Gasteiger partial charge in [-0.15, -0.1) is 0 Å². The third-order valence-electron chi connectivity index (χ3n) is 1.69. The molecule has 1 aromatic rings. The van der Waals surface area contributed by atoms with Crippen molar-refractivity contribution in [3.63, 3.8) is 0 Å². The molecule has 0 radical (unpaired) electrons. The zero-order valence-corrected chi connectivity index (χ0v) is 8.54. The van der Waals surface area contributed by atoms with Crippen LogP contribution in [0.4, 0.5) is 5.69 Å². The van der Waals surface area contributed by atoms with Crippen molar-refractivity contribution in [3.05, 3.63) is 28.8 Å². The van der Waals surface area contributed by atoms with E-state index in [1.807, 2.05) is 6.07 Å². The quantitative estimate of drug-likeness (QED) is 0.803. The lowest BCUT2D eigenvalue weighted by molar-refractivity contribution is 0.208. The van der Waals surface area contributed by atoms with Crippen LogP contribution >= 0.6 is 11.6 Å². The van der Waals surface area contributed by atoms with E-state index in [9.17, 15) is 0 Å². The van der Waals surface area contributed by atoms with Crippen LogP contribution in [0.1, 0.15) is 12.5 Å². The number of nitrogens with one attached hydrogen (secondary N) is 1. The van der Waals surface area contributed by atoms with E-state index < -0.39 is 6.10 Å². The summed E-state index contributed by atoms with van der Waals surface area (Å²) in [5.41, 5.74) is 1.25. The number of halogens is 1. The monoisotopic (exact) mass is 210 g/mol. The van der Waals surface area contributed by atoms with Crippen molar-refractivity contribution in [2.24, 2.45) is 0 Å². The summed E-state index contributed by atoms with van der Waals surface area (Å²) in [6, 6.07) is 6.99. The molecule has 1 rings (SSSR count). The van der Waals surface area contributed by atoms with Gasteiger partial charge in [0.25, 0.3) is 0 Å². The van der Waals surface area contributed by atoms with Gasteiger partial charge in [-0.25, -0.2) is 0 Å². The number of hydrogen-bond acceptors (Lipinski definition) is 3. The third kappa shape index (κ3) is 2.91. The lowest BCUT2D eigenvalue weighted by Gasteiger charge is -2.09. The molecule has 1 unspecified atom stereocenters. The maximum absolute atomic E-state index is 9.05. The highest BCUT2D eigenvalue weighted by Gasteiger charge is 2.02. The van der Waals surface area contributed by atoms with Crippen LogP contribution in [-0.2, 0) is 0 Å². The van der Waals surface area contributed by atoms with Crippen LogP contribution in [0.5, 0.6) is 0 Å². The first-order valence-corrected chi connectivity index (χ1v) is 4.63. The molecule has 0 amide bonds. The maximum atomic E-state index is 9.05. The van der Waals surface area contributed by atoms with E-state index in [0.717, 1.165) is 5.69 Å². The molecular weight excluding hydrogens is 200 g/mol. The fraction of sp³-hybridized carbons (Fsp3) is 0.300. The first kappa shape index (κ1) is 10.8. The summed E-state index contributed by atoms with van der Waals surface area (Å²) >= 11 is 5.90. The number of benzene rings is 1.